The minimum absolute atomic E-state index is 0.806. The van der Waals surface area contributed by atoms with Gasteiger partial charge in [0.25, 0.3) is 0 Å². The molecule has 7 aromatic rings. The number of aliphatic hydroxyl groups is 2. The first-order valence-electron chi connectivity index (χ1n) is 15.6. The van der Waals surface area contributed by atoms with Crippen molar-refractivity contribution in [2.75, 3.05) is 0 Å². The molecule has 2 nitrogen and oxygen atoms in total. The predicted molar refractivity (Wildman–Crippen MR) is 187 cm³/mol. The molecule has 7 rings (SSSR count). The SMILES string of the molecule is OC(c1ccccc1)(c1ccccc1)c1ccccc1-c1ccc(-c2ccccc2C(O)(c2ccccc2)c2ccccc2)cc1. The van der Waals surface area contributed by atoms with Gasteiger partial charge in [-0.25, -0.2) is 0 Å². The quantitative estimate of drug-likeness (QED) is 0.172. The summed E-state index contributed by atoms with van der Waals surface area (Å²) < 4.78 is 0. The van der Waals surface area contributed by atoms with Crippen molar-refractivity contribution in [3.8, 4) is 22.3 Å². The van der Waals surface area contributed by atoms with E-state index in [-0.39, 0.29) is 0 Å². The second-order valence-corrected chi connectivity index (χ2v) is 11.6. The summed E-state index contributed by atoms with van der Waals surface area (Å²) in [6, 6.07) is 63.9. The molecule has 2 N–H and O–H groups in total. The lowest BCUT2D eigenvalue weighted by Crippen LogP contribution is -2.29. The molecule has 0 fully saturated rings. The third-order valence-electron chi connectivity index (χ3n) is 8.91. The molecule has 46 heavy (non-hydrogen) atoms. The van der Waals surface area contributed by atoms with Crippen LogP contribution in [0.15, 0.2) is 194 Å². The molecule has 0 saturated heterocycles. The van der Waals surface area contributed by atoms with Gasteiger partial charge in [-0.3, -0.25) is 0 Å². The predicted octanol–water partition coefficient (Wildman–Crippen LogP) is 9.59. The topological polar surface area (TPSA) is 40.5 Å². The van der Waals surface area contributed by atoms with Crippen LogP contribution in [0.5, 0.6) is 0 Å². The van der Waals surface area contributed by atoms with Crippen LogP contribution in [-0.2, 0) is 11.2 Å². The summed E-state index contributed by atoms with van der Waals surface area (Å²) in [6.45, 7) is 0. The Kier molecular flexibility index (Phi) is 7.90. The smallest absolute Gasteiger partial charge is 0.141 e. The van der Waals surface area contributed by atoms with Gasteiger partial charge in [0.2, 0.25) is 0 Å². The Hall–Kier alpha value is -5.54. The fraction of sp³-hybridized carbons (Fsp3) is 0.0455. The highest BCUT2D eigenvalue weighted by atomic mass is 16.3. The number of hydrogen-bond donors (Lipinski definition) is 2. The molecule has 7 aromatic carbocycles. The molecule has 0 unspecified atom stereocenters. The third kappa shape index (κ3) is 5.14. The molecule has 0 bridgehead atoms. The van der Waals surface area contributed by atoms with Crippen LogP contribution < -0.4 is 0 Å². The fourth-order valence-corrected chi connectivity index (χ4v) is 6.60. The maximum atomic E-state index is 12.6. The Balaban J connectivity index is 1.35. The molecule has 0 aromatic heterocycles. The summed E-state index contributed by atoms with van der Waals surface area (Å²) in [5, 5.41) is 25.2. The van der Waals surface area contributed by atoms with Gasteiger partial charge in [-0.05, 0) is 44.5 Å². The average Bonchev–Trinajstić information content (AvgIpc) is 3.15. The first-order valence-corrected chi connectivity index (χ1v) is 15.6. The number of hydrogen-bond acceptors (Lipinski definition) is 2. The molecule has 0 aliphatic heterocycles. The van der Waals surface area contributed by atoms with Crippen LogP contribution in [0.25, 0.3) is 22.3 Å². The number of rotatable bonds is 8. The minimum Gasteiger partial charge on any atom is -0.376 e. The van der Waals surface area contributed by atoms with Crippen molar-refractivity contribution in [3.63, 3.8) is 0 Å². The van der Waals surface area contributed by atoms with Crippen molar-refractivity contribution < 1.29 is 10.2 Å². The maximum absolute atomic E-state index is 12.6. The van der Waals surface area contributed by atoms with Crippen LogP contribution in [0.2, 0.25) is 0 Å². The standard InChI is InChI=1S/C44H34O2/c45-43(35-17-5-1-6-18-35,36-19-7-2-8-20-36)41-27-15-13-25-39(41)33-29-31-34(32-30-33)40-26-14-16-28-42(40)44(46,37-21-9-3-10-22-37)38-23-11-4-12-24-38/h1-32,45-46H. The van der Waals surface area contributed by atoms with E-state index >= 15 is 0 Å². The van der Waals surface area contributed by atoms with Crippen LogP contribution >= 0.6 is 0 Å². The largest absolute Gasteiger partial charge is 0.376 e. The molecule has 0 spiro atoms. The van der Waals surface area contributed by atoms with Crippen LogP contribution in [0, 0.1) is 0 Å². The molecule has 0 aliphatic carbocycles. The third-order valence-corrected chi connectivity index (χ3v) is 8.91. The Bertz CT molecular complexity index is 1810. The minimum atomic E-state index is -1.35. The Labute approximate surface area is 270 Å². The fourth-order valence-electron chi connectivity index (χ4n) is 6.60. The van der Waals surface area contributed by atoms with Crippen molar-refractivity contribution in [2.24, 2.45) is 0 Å². The summed E-state index contributed by atoms with van der Waals surface area (Å²) in [4.78, 5) is 0. The molecule has 0 amide bonds. The Morgan fingerprint density at radius 1 is 0.261 bits per heavy atom. The molecule has 0 atom stereocenters. The summed E-state index contributed by atoms with van der Waals surface area (Å²) in [5.41, 5.74) is 6.00. The zero-order valence-corrected chi connectivity index (χ0v) is 25.4. The maximum Gasteiger partial charge on any atom is 0.141 e. The lowest BCUT2D eigenvalue weighted by Gasteiger charge is -2.32. The van der Waals surface area contributed by atoms with E-state index in [1.54, 1.807) is 0 Å². The van der Waals surface area contributed by atoms with E-state index < -0.39 is 11.2 Å². The Morgan fingerprint density at radius 3 is 0.783 bits per heavy atom. The molecule has 0 aliphatic rings. The lowest BCUT2D eigenvalue weighted by molar-refractivity contribution is 0.126. The molecular formula is C44H34O2. The van der Waals surface area contributed by atoms with Crippen molar-refractivity contribution in [1.82, 2.24) is 0 Å². The van der Waals surface area contributed by atoms with E-state index in [0.29, 0.717) is 0 Å². The van der Waals surface area contributed by atoms with Gasteiger partial charge in [0.1, 0.15) is 11.2 Å². The molecular weight excluding hydrogens is 560 g/mol. The van der Waals surface area contributed by atoms with Gasteiger partial charge in [0, 0.05) is 11.1 Å². The van der Waals surface area contributed by atoms with Gasteiger partial charge < -0.3 is 10.2 Å². The molecule has 0 radical (unpaired) electrons. The normalized spacial score (nSPS) is 11.7. The second kappa shape index (κ2) is 12.5. The van der Waals surface area contributed by atoms with Gasteiger partial charge in [-0.15, -0.1) is 0 Å². The van der Waals surface area contributed by atoms with Gasteiger partial charge >= 0.3 is 0 Å². The zero-order chi connectivity index (χ0) is 31.4. The van der Waals surface area contributed by atoms with Gasteiger partial charge in [0.15, 0.2) is 0 Å². The van der Waals surface area contributed by atoms with Crippen LogP contribution in [0.1, 0.15) is 33.4 Å². The van der Waals surface area contributed by atoms with E-state index in [1.807, 2.05) is 158 Å². The first kappa shape index (κ1) is 29.2. The van der Waals surface area contributed by atoms with Crippen molar-refractivity contribution in [2.45, 2.75) is 11.2 Å². The van der Waals surface area contributed by atoms with E-state index in [1.165, 1.54) is 0 Å². The Morgan fingerprint density at radius 2 is 0.500 bits per heavy atom. The summed E-state index contributed by atoms with van der Waals surface area (Å²) in [5.74, 6) is 0. The first-order chi connectivity index (χ1) is 22.6. The van der Waals surface area contributed by atoms with E-state index in [4.69, 9.17) is 0 Å². The van der Waals surface area contributed by atoms with Gasteiger partial charge in [-0.1, -0.05) is 194 Å². The van der Waals surface area contributed by atoms with E-state index in [2.05, 4.69) is 36.4 Å². The average molecular weight is 595 g/mol. The van der Waals surface area contributed by atoms with Crippen LogP contribution in [0.4, 0.5) is 0 Å². The summed E-state index contributed by atoms with van der Waals surface area (Å²) in [6.07, 6.45) is 0. The van der Waals surface area contributed by atoms with E-state index in [9.17, 15) is 10.2 Å². The highest BCUT2D eigenvalue weighted by Gasteiger charge is 2.37. The lowest BCUT2D eigenvalue weighted by atomic mass is 9.76. The number of benzene rings is 7. The van der Waals surface area contributed by atoms with Gasteiger partial charge in [-0.2, -0.15) is 0 Å². The molecule has 0 heterocycles. The van der Waals surface area contributed by atoms with Crippen molar-refractivity contribution in [1.29, 1.82) is 0 Å². The highest BCUT2D eigenvalue weighted by Crippen LogP contribution is 2.44. The van der Waals surface area contributed by atoms with Crippen LogP contribution in [-0.4, -0.2) is 10.2 Å². The van der Waals surface area contributed by atoms with Crippen LogP contribution in [0.3, 0.4) is 0 Å². The highest BCUT2D eigenvalue weighted by molar-refractivity contribution is 5.77. The van der Waals surface area contributed by atoms with Crippen molar-refractivity contribution in [3.05, 3.63) is 228 Å². The molecule has 2 heteroatoms. The second-order valence-electron chi connectivity index (χ2n) is 11.6. The van der Waals surface area contributed by atoms with Gasteiger partial charge in [0.05, 0.1) is 0 Å². The van der Waals surface area contributed by atoms with Crippen molar-refractivity contribution >= 4 is 0 Å². The monoisotopic (exact) mass is 594 g/mol. The molecule has 222 valence electrons. The molecule has 0 saturated carbocycles. The zero-order valence-electron chi connectivity index (χ0n) is 25.4. The summed E-state index contributed by atoms with van der Waals surface area (Å²) >= 11 is 0. The van der Waals surface area contributed by atoms with E-state index in [0.717, 1.165) is 55.6 Å². The summed E-state index contributed by atoms with van der Waals surface area (Å²) in [7, 11) is 0.